The molecule has 5 atom stereocenters. The molecule has 3 aliphatic heterocycles. The number of hydrogen-bond acceptors (Lipinski definition) is 6. The van der Waals surface area contributed by atoms with Crippen LogP contribution in [0.4, 0.5) is 0 Å². The van der Waals surface area contributed by atoms with Gasteiger partial charge in [-0.2, -0.15) is 0 Å². The maximum absolute atomic E-state index is 6.08. The lowest BCUT2D eigenvalue weighted by Crippen LogP contribution is -2.56. The Balaban J connectivity index is 1.24. The van der Waals surface area contributed by atoms with Gasteiger partial charge in [0.2, 0.25) is 0 Å². The lowest BCUT2D eigenvalue weighted by molar-refractivity contribution is -0.241. The summed E-state index contributed by atoms with van der Waals surface area (Å²) in [7, 11) is 0. The molecule has 164 valence electrons. The van der Waals surface area contributed by atoms with E-state index in [0.29, 0.717) is 6.61 Å². The van der Waals surface area contributed by atoms with Crippen molar-refractivity contribution < 1.29 is 28.4 Å². The van der Waals surface area contributed by atoms with Crippen molar-refractivity contribution in [3.63, 3.8) is 0 Å². The van der Waals surface area contributed by atoms with Crippen LogP contribution in [-0.2, 0) is 28.4 Å². The summed E-state index contributed by atoms with van der Waals surface area (Å²) in [5.74, 6) is -0.655. The van der Waals surface area contributed by atoms with Crippen molar-refractivity contribution in [1.29, 1.82) is 0 Å². The van der Waals surface area contributed by atoms with Gasteiger partial charge in [0.25, 0.3) is 0 Å². The van der Waals surface area contributed by atoms with Gasteiger partial charge in [0.1, 0.15) is 31.2 Å². The van der Waals surface area contributed by atoms with E-state index in [1.807, 2.05) is 13.8 Å². The largest absolute Gasteiger partial charge is 0.379 e. The molecule has 6 nitrogen and oxygen atoms in total. The van der Waals surface area contributed by atoms with Crippen LogP contribution in [0.5, 0.6) is 0 Å². The van der Waals surface area contributed by atoms with Crippen molar-refractivity contribution in [2.24, 2.45) is 0 Å². The fraction of sp³-hybridized carbons (Fsp3) is 1.00. The first-order chi connectivity index (χ1) is 13.6. The van der Waals surface area contributed by atoms with E-state index >= 15 is 0 Å². The lowest BCUT2D eigenvalue weighted by atomic mass is 9.99. The Labute approximate surface area is 170 Å². The standard InChI is InChI=1S/C22H40O6/c1-4-5-6-7-8-9-10-11-12-13-14-23-15-17-18-19(25-16-24-18)20-21(26-17)28-22(2,3)27-20/h17-21H,4-16H2,1-3H3/t17-,18+,19+,20-,21-/m1/s1. The van der Waals surface area contributed by atoms with Gasteiger partial charge < -0.3 is 28.4 Å². The second-order valence-corrected chi connectivity index (χ2v) is 8.78. The van der Waals surface area contributed by atoms with Crippen molar-refractivity contribution >= 4 is 0 Å². The molecule has 3 rings (SSSR count). The maximum Gasteiger partial charge on any atom is 0.190 e. The van der Waals surface area contributed by atoms with Gasteiger partial charge in [0.05, 0.1) is 6.61 Å². The van der Waals surface area contributed by atoms with Crippen molar-refractivity contribution in [3.05, 3.63) is 0 Å². The average molecular weight is 401 g/mol. The van der Waals surface area contributed by atoms with Crippen molar-refractivity contribution in [3.8, 4) is 0 Å². The van der Waals surface area contributed by atoms with Gasteiger partial charge in [-0.3, -0.25) is 0 Å². The predicted octanol–water partition coefficient (Wildman–Crippen LogP) is 4.54. The second kappa shape index (κ2) is 11.2. The third kappa shape index (κ3) is 6.38. The SMILES string of the molecule is CCCCCCCCCCCCOC[C@H]1O[C@@H]2OC(C)(C)O[C@@H]2[C@H]2OCO[C@H]21. The molecule has 0 aromatic carbocycles. The highest BCUT2D eigenvalue weighted by Crippen LogP contribution is 2.40. The molecule has 0 N–H and O–H groups in total. The number of unbranched alkanes of at least 4 members (excludes halogenated alkanes) is 9. The minimum absolute atomic E-state index is 0.147. The first-order valence-corrected chi connectivity index (χ1v) is 11.4. The first kappa shape index (κ1) is 22.4. The third-order valence-corrected chi connectivity index (χ3v) is 5.86. The molecule has 3 heterocycles. The molecular weight excluding hydrogens is 360 g/mol. The molecule has 3 aliphatic rings. The predicted molar refractivity (Wildman–Crippen MR) is 106 cm³/mol. The molecule has 0 saturated carbocycles. The van der Waals surface area contributed by atoms with Gasteiger partial charge >= 0.3 is 0 Å². The topological polar surface area (TPSA) is 55.4 Å². The zero-order valence-electron chi connectivity index (χ0n) is 18.0. The zero-order valence-corrected chi connectivity index (χ0v) is 18.0. The quantitative estimate of drug-likeness (QED) is 0.423. The minimum Gasteiger partial charge on any atom is -0.379 e. The summed E-state index contributed by atoms with van der Waals surface area (Å²) in [6.45, 7) is 7.62. The van der Waals surface area contributed by atoms with E-state index < -0.39 is 12.1 Å². The summed E-state index contributed by atoms with van der Waals surface area (Å²) in [5, 5.41) is 0. The number of fused-ring (bicyclic) bond motifs is 3. The van der Waals surface area contributed by atoms with E-state index in [4.69, 9.17) is 28.4 Å². The molecule has 0 radical (unpaired) electrons. The monoisotopic (exact) mass is 400 g/mol. The Bertz CT molecular complexity index is 443. The number of hydrogen-bond donors (Lipinski definition) is 0. The minimum atomic E-state index is -0.655. The van der Waals surface area contributed by atoms with Crippen LogP contribution in [0.25, 0.3) is 0 Å². The van der Waals surface area contributed by atoms with Crippen LogP contribution >= 0.6 is 0 Å². The summed E-state index contributed by atoms with van der Waals surface area (Å²) in [5.41, 5.74) is 0. The van der Waals surface area contributed by atoms with Gasteiger partial charge in [0, 0.05) is 6.61 Å². The Hall–Kier alpha value is -0.240. The Morgan fingerprint density at radius 2 is 1.43 bits per heavy atom. The highest BCUT2D eigenvalue weighted by Gasteiger charge is 2.57. The van der Waals surface area contributed by atoms with Crippen LogP contribution in [0.3, 0.4) is 0 Å². The molecule has 0 amide bonds. The molecule has 0 spiro atoms. The highest BCUT2D eigenvalue weighted by molar-refractivity contribution is 4.97. The molecular formula is C22H40O6. The normalized spacial score (nSPS) is 33.8. The van der Waals surface area contributed by atoms with Gasteiger partial charge in [-0.15, -0.1) is 0 Å². The molecule has 0 aromatic heterocycles. The van der Waals surface area contributed by atoms with E-state index in [-0.39, 0.29) is 31.2 Å². The third-order valence-electron chi connectivity index (χ3n) is 5.86. The van der Waals surface area contributed by atoms with Gasteiger partial charge in [-0.05, 0) is 20.3 Å². The van der Waals surface area contributed by atoms with Crippen molar-refractivity contribution in [2.45, 2.75) is 121 Å². The smallest absolute Gasteiger partial charge is 0.190 e. The summed E-state index contributed by atoms with van der Waals surface area (Å²) < 4.78 is 35.3. The molecule has 0 bridgehead atoms. The molecule has 0 aliphatic carbocycles. The van der Waals surface area contributed by atoms with E-state index in [9.17, 15) is 0 Å². The molecule has 6 heteroatoms. The van der Waals surface area contributed by atoms with E-state index in [0.717, 1.165) is 13.0 Å². The van der Waals surface area contributed by atoms with Crippen LogP contribution < -0.4 is 0 Å². The van der Waals surface area contributed by atoms with E-state index in [1.54, 1.807) is 0 Å². The van der Waals surface area contributed by atoms with Crippen molar-refractivity contribution in [2.75, 3.05) is 20.0 Å². The fourth-order valence-electron chi connectivity index (χ4n) is 4.35. The van der Waals surface area contributed by atoms with Crippen LogP contribution in [-0.4, -0.2) is 56.5 Å². The van der Waals surface area contributed by atoms with E-state index in [1.165, 1.54) is 57.8 Å². The number of rotatable bonds is 13. The second-order valence-electron chi connectivity index (χ2n) is 8.78. The molecule has 3 fully saturated rings. The van der Waals surface area contributed by atoms with Crippen LogP contribution in [0.1, 0.15) is 85.0 Å². The van der Waals surface area contributed by atoms with Crippen LogP contribution in [0, 0.1) is 0 Å². The van der Waals surface area contributed by atoms with Gasteiger partial charge in [-0.1, -0.05) is 64.7 Å². The average Bonchev–Trinajstić information content (AvgIpc) is 3.25. The first-order valence-electron chi connectivity index (χ1n) is 11.4. The van der Waals surface area contributed by atoms with Crippen LogP contribution in [0.15, 0.2) is 0 Å². The van der Waals surface area contributed by atoms with Gasteiger partial charge in [0.15, 0.2) is 12.1 Å². The summed E-state index contributed by atoms with van der Waals surface area (Å²) in [4.78, 5) is 0. The highest BCUT2D eigenvalue weighted by atomic mass is 16.8. The Kier molecular flexibility index (Phi) is 9.00. The summed E-state index contributed by atoms with van der Waals surface area (Å²) >= 11 is 0. The summed E-state index contributed by atoms with van der Waals surface area (Å²) in [6, 6.07) is 0. The Morgan fingerprint density at radius 1 is 0.786 bits per heavy atom. The van der Waals surface area contributed by atoms with Crippen LogP contribution in [0.2, 0.25) is 0 Å². The molecule has 3 saturated heterocycles. The Morgan fingerprint density at radius 3 is 2.14 bits per heavy atom. The molecule has 28 heavy (non-hydrogen) atoms. The van der Waals surface area contributed by atoms with Gasteiger partial charge in [-0.25, -0.2) is 0 Å². The fourth-order valence-corrected chi connectivity index (χ4v) is 4.35. The summed E-state index contributed by atoms with van der Waals surface area (Å²) in [6.07, 6.45) is 12.2. The zero-order chi connectivity index (χ0) is 19.8. The molecule has 0 aromatic rings. The van der Waals surface area contributed by atoms with Crippen molar-refractivity contribution in [1.82, 2.24) is 0 Å². The van der Waals surface area contributed by atoms with E-state index in [2.05, 4.69) is 6.92 Å². The maximum atomic E-state index is 6.08. The number of ether oxygens (including phenoxy) is 6. The molecule has 0 unspecified atom stereocenters. The lowest BCUT2D eigenvalue weighted by Gasteiger charge is -2.37.